The van der Waals surface area contributed by atoms with E-state index < -0.39 is 0 Å². The standard InChI is InChI=1S/C15H16IN5O/c16-13-11-17-15(19-14(13)21-6-8-22-9-7-21)20-18-10-12-4-2-1-3-5-12/h1-5,10-11H,6-9H2,(H,17,19,20)/b18-10+. The van der Waals surface area contributed by atoms with Gasteiger partial charge >= 0.3 is 0 Å². The van der Waals surface area contributed by atoms with E-state index in [0.29, 0.717) is 5.95 Å². The Morgan fingerprint density at radius 3 is 2.77 bits per heavy atom. The molecule has 0 aliphatic carbocycles. The lowest BCUT2D eigenvalue weighted by Crippen LogP contribution is -2.37. The number of rotatable bonds is 4. The molecule has 0 amide bonds. The van der Waals surface area contributed by atoms with Crippen molar-refractivity contribution in [3.05, 3.63) is 45.7 Å². The maximum atomic E-state index is 5.38. The summed E-state index contributed by atoms with van der Waals surface area (Å²) in [6, 6.07) is 9.89. The Morgan fingerprint density at radius 2 is 2.00 bits per heavy atom. The van der Waals surface area contributed by atoms with Crippen LogP contribution in [0.5, 0.6) is 0 Å². The molecule has 114 valence electrons. The number of benzene rings is 1. The summed E-state index contributed by atoms with van der Waals surface area (Å²) >= 11 is 2.25. The molecule has 2 heterocycles. The van der Waals surface area contributed by atoms with Crippen LogP contribution < -0.4 is 10.3 Å². The first kappa shape index (κ1) is 15.2. The van der Waals surface area contributed by atoms with Gasteiger partial charge in [0.05, 0.1) is 23.0 Å². The van der Waals surface area contributed by atoms with E-state index in [9.17, 15) is 0 Å². The molecule has 6 nitrogen and oxygen atoms in total. The van der Waals surface area contributed by atoms with Gasteiger partial charge in [0.25, 0.3) is 0 Å². The SMILES string of the molecule is Ic1cnc(N/N=C/c2ccccc2)nc1N1CCOCC1. The number of nitrogens with one attached hydrogen (secondary N) is 1. The Kier molecular flexibility index (Phi) is 5.17. The van der Waals surface area contributed by atoms with Crippen molar-refractivity contribution < 1.29 is 4.74 Å². The van der Waals surface area contributed by atoms with Gasteiger partial charge in [-0.15, -0.1) is 0 Å². The summed E-state index contributed by atoms with van der Waals surface area (Å²) in [5, 5.41) is 4.18. The monoisotopic (exact) mass is 409 g/mol. The summed E-state index contributed by atoms with van der Waals surface area (Å²) in [5.74, 6) is 1.42. The maximum Gasteiger partial charge on any atom is 0.245 e. The fraction of sp³-hybridized carbons (Fsp3) is 0.267. The fourth-order valence-electron chi connectivity index (χ4n) is 2.11. The smallest absolute Gasteiger partial charge is 0.245 e. The molecule has 1 aromatic carbocycles. The lowest BCUT2D eigenvalue weighted by atomic mass is 10.2. The first-order chi connectivity index (χ1) is 10.8. The van der Waals surface area contributed by atoms with Gasteiger partial charge < -0.3 is 9.64 Å². The van der Waals surface area contributed by atoms with Crippen molar-refractivity contribution in [1.29, 1.82) is 0 Å². The average molecular weight is 409 g/mol. The van der Waals surface area contributed by atoms with Gasteiger partial charge in [0, 0.05) is 19.3 Å². The summed E-state index contributed by atoms with van der Waals surface area (Å²) in [5.41, 5.74) is 3.91. The van der Waals surface area contributed by atoms with Crippen LogP contribution in [0.25, 0.3) is 0 Å². The van der Waals surface area contributed by atoms with Crippen LogP contribution in [0.3, 0.4) is 0 Å². The highest BCUT2D eigenvalue weighted by Crippen LogP contribution is 2.21. The zero-order valence-corrected chi connectivity index (χ0v) is 14.1. The third-order valence-electron chi connectivity index (χ3n) is 3.21. The molecule has 1 aliphatic heterocycles. The number of hydrazone groups is 1. The molecule has 2 aromatic rings. The lowest BCUT2D eigenvalue weighted by Gasteiger charge is -2.28. The molecule has 3 rings (SSSR count). The van der Waals surface area contributed by atoms with E-state index in [4.69, 9.17) is 4.74 Å². The van der Waals surface area contributed by atoms with Crippen LogP contribution >= 0.6 is 22.6 Å². The molecule has 1 fully saturated rings. The van der Waals surface area contributed by atoms with Crippen LogP contribution in [-0.4, -0.2) is 42.5 Å². The van der Waals surface area contributed by atoms with Gasteiger partial charge in [-0.2, -0.15) is 10.1 Å². The van der Waals surface area contributed by atoms with Crippen molar-refractivity contribution in [2.75, 3.05) is 36.6 Å². The van der Waals surface area contributed by atoms with Gasteiger partial charge in [0.2, 0.25) is 5.95 Å². The summed E-state index contributed by atoms with van der Waals surface area (Å²) in [6.07, 6.45) is 3.55. The van der Waals surface area contributed by atoms with Crippen molar-refractivity contribution in [3.63, 3.8) is 0 Å². The number of morpholine rings is 1. The summed E-state index contributed by atoms with van der Waals surface area (Å²) in [7, 11) is 0. The van der Waals surface area contributed by atoms with Crippen LogP contribution in [-0.2, 0) is 4.74 Å². The van der Waals surface area contributed by atoms with E-state index in [0.717, 1.165) is 41.3 Å². The van der Waals surface area contributed by atoms with Crippen LogP contribution in [0.4, 0.5) is 11.8 Å². The molecule has 7 heteroatoms. The minimum absolute atomic E-state index is 0.495. The molecule has 0 spiro atoms. The minimum Gasteiger partial charge on any atom is -0.378 e. The van der Waals surface area contributed by atoms with Crippen LogP contribution in [0.1, 0.15) is 5.56 Å². The predicted octanol–water partition coefficient (Wildman–Crippen LogP) is 2.36. The van der Waals surface area contributed by atoms with Gasteiger partial charge in [0.15, 0.2) is 0 Å². The molecular weight excluding hydrogens is 393 g/mol. The second-order valence-corrected chi connectivity index (χ2v) is 5.91. The number of hydrogen-bond acceptors (Lipinski definition) is 6. The molecule has 1 aliphatic rings. The summed E-state index contributed by atoms with van der Waals surface area (Å²) in [4.78, 5) is 11.0. The first-order valence-corrected chi connectivity index (χ1v) is 8.10. The first-order valence-electron chi connectivity index (χ1n) is 7.02. The third-order valence-corrected chi connectivity index (χ3v) is 3.97. The molecule has 22 heavy (non-hydrogen) atoms. The van der Waals surface area contributed by atoms with Gasteiger partial charge in [0.1, 0.15) is 5.82 Å². The molecule has 0 radical (unpaired) electrons. The second kappa shape index (κ2) is 7.50. The Hall–Kier alpha value is -1.74. The van der Waals surface area contributed by atoms with Crippen molar-refractivity contribution in [2.24, 2.45) is 5.10 Å². The number of anilines is 2. The van der Waals surface area contributed by atoms with Crippen LogP contribution in [0.2, 0.25) is 0 Å². The van der Waals surface area contributed by atoms with Crippen LogP contribution in [0, 0.1) is 3.57 Å². The number of aromatic nitrogens is 2. The summed E-state index contributed by atoms with van der Waals surface area (Å²) < 4.78 is 6.40. The van der Waals surface area contributed by atoms with Crippen molar-refractivity contribution >= 4 is 40.6 Å². The maximum absolute atomic E-state index is 5.38. The van der Waals surface area contributed by atoms with E-state index in [1.54, 1.807) is 12.4 Å². The minimum atomic E-state index is 0.495. The fourth-order valence-corrected chi connectivity index (χ4v) is 2.71. The summed E-state index contributed by atoms with van der Waals surface area (Å²) in [6.45, 7) is 3.16. The average Bonchev–Trinajstić information content (AvgIpc) is 2.58. The van der Waals surface area contributed by atoms with E-state index >= 15 is 0 Å². The number of halogens is 1. The quantitative estimate of drug-likeness (QED) is 0.478. The van der Waals surface area contributed by atoms with Crippen molar-refractivity contribution in [3.8, 4) is 0 Å². The Labute approximate surface area is 142 Å². The Morgan fingerprint density at radius 1 is 1.23 bits per heavy atom. The van der Waals surface area contributed by atoms with E-state index in [-0.39, 0.29) is 0 Å². The highest BCUT2D eigenvalue weighted by atomic mass is 127. The Bertz CT molecular complexity index is 644. The highest BCUT2D eigenvalue weighted by molar-refractivity contribution is 14.1. The molecular formula is C15H16IN5O. The van der Waals surface area contributed by atoms with Crippen LogP contribution in [0.15, 0.2) is 41.6 Å². The number of nitrogens with zero attached hydrogens (tertiary/aromatic N) is 4. The van der Waals surface area contributed by atoms with Crippen molar-refractivity contribution in [2.45, 2.75) is 0 Å². The van der Waals surface area contributed by atoms with Gasteiger partial charge in [-0.25, -0.2) is 10.4 Å². The number of ether oxygens (including phenoxy) is 1. The molecule has 0 bridgehead atoms. The number of hydrogen-bond donors (Lipinski definition) is 1. The van der Waals surface area contributed by atoms with Gasteiger partial charge in [-0.3, -0.25) is 0 Å². The molecule has 1 aromatic heterocycles. The zero-order valence-electron chi connectivity index (χ0n) is 11.9. The van der Waals surface area contributed by atoms with E-state index in [1.165, 1.54) is 0 Å². The van der Waals surface area contributed by atoms with E-state index in [2.05, 4.69) is 48.0 Å². The molecule has 0 saturated carbocycles. The molecule has 1 N–H and O–H groups in total. The molecule has 1 saturated heterocycles. The normalized spacial score (nSPS) is 15.2. The Balaban J connectivity index is 1.70. The molecule has 0 atom stereocenters. The van der Waals surface area contributed by atoms with E-state index in [1.807, 2.05) is 30.3 Å². The largest absolute Gasteiger partial charge is 0.378 e. The predicted molar refractivity (Wildman–Crippen MR) is 95.4 cm³/mol. The second-order valence-electron chi connectivity index (χ2n) is 4.75. The zero-order chi connectivity index (χ0) is 15.2. The molecule has 0 unspecified atom stereocenters. The van der Waals surface area contributed by atoms with Gasteiger partial charge in [-0.1, -0.05) is 30.3 Å². The van der Waals surface area contributed by atoms with Gasteiger partial charge in [-0.05, 0) is 28.2 Å². The third kappa shape index (κ3) is 3.92. The highest BCUT2D eigenvalue weighted by Gasteiger charge is 2.16. The lowest BCUT2D eigenvalue weighted by molar-refractivity contribution is 0.122. The topological polar surface area (TPSA) is 62.6 Å². The van der Waals surface area contributed by atoms with Crippen molar-refractivity contribution in [1.82, 2.24) is 9.97 Å².